The van der Waals surface area contributed by atoms with Crippen LogP contribution >= 0.6 is 0 Å². The molecule has 2 saturated heterocycles. The van der Waals surface area contributed by atoms with E-state index in [1.165, 1.54) is 23.7 Å². The van der Waals surface area contributed by atoms with E-state index in [1.807, 2.05) is 0 Å². The van der Waals surface area contributed by atoms with Gasteiger partial charge in [-0.2, -0.15) is 5.10 Å². The lowest BCUT2D eigenvalue weighted by Crippen LogP contribution is -2.60. The summed E-state index contributed by atoms with van der Waals surface area (Å²) >= 11 is 0. The average molecular weight is 322 g/mol. The smallest absolute Gasteiger partial charge is 0.258 e. The molecule has 8 heteroatoms. The van der Waals surface area contributed by atoms with Crippen LogP contribution < -0.4 is 4.90 Å². The summed E-state index contributed by atoms with van der Waals surface area (Å²) in [5.74, 6) is 0.762. The molecule has 0 bridgehead atoms. The lowest BCUT2D eigenvalue weighted by atomic mass is 9.72. The van der Waals surface area contributed by atoms with Crippen LogP contribution in [-0.4, -0.2) is 64.3 Å². The number of halogens is 2. The lowest BCUT2D eigenvalue weighted by molar-refractivity contribution is 0.0900. The minimum Gasteiger partial charge on any atom is -0.354 e. The van der Waals surface area contributed by atoms with Gasteiger partial charge < -0.3 is 9.80 Å². The molecule has 0 aliphatic carbocycles. The van der Waals surface area contributed by atoms with E-state index in [0.717, 1.165) is 32.0 Å². The fourth-order valence-corrected chi connectivity index (χ4v) is 3.59. The zero-order valence-electron chi connectivity index (χ0n) is 13.1. The number of fused-ring (bicyclic) bond motifs is 1. The Labute approximate surface area is 133 Å². The van der Waals surface area contributed by atoms with Gasteiger partial charge >= 0.3 is 0 Å². The van der Waals surface area contributed by atoms with E-state index < -0.39 is 13.0 Å². The van der Waals surface area contributed by atoms with Crippen molar-refractivity contribution < 1.29 is 8.78 Å². The van der Waals surface area contributed by atoms with E-state index in [-0.39, 0.29) is 0 Å². The second kappa shape index (κ2) is 5.36. The molecular weight excluding hydrogens is 302 g/mol. The standard InChI is InChI=1S/C15H20F2N6/c1-21-4-2-15(3-5-21)9-22(10-15)13-7-18-11-6-19-23(8-12(16)17)14(11)20-13/h6-7,12H,2-5,8-10H2,1H3. The summed E-state index contributed by atoms with van der Waals surface area (Å²) in [6, 6.07) is 0. The number of piperidine rings is 1. The number of likely N-dealkylation sites (tertiary alicyclic amines) is 1. The Kier molecular flexibility index (Phi) is 3.44. The highest BCUT2D eigenvalue weighted by atomic mass is 19.3. The Morgan fingerprint density at radius 2 is 1.96 bits per heavy atom. The molecule has 6 nitrogen and oxygen atoms in total. The van der Waals surface area contributed by atoms with Crippen LogP contribution in [0.25, 0.3) is 11.2 Å². The van der Waals surface area contributed by atoms with Gasteiger partial charge in [0.1, 0.15) is 17.9 Å². The first-order valence-corrected chi connectivity index (χ1v) is 7.95. The second-order valence-electron chi connectivity index (χ2n) is 6.81. The SMILES string of the molecule is CN1CCC2(CC1)CN(c1cnc3cnn(CC(F)F)c3n1)C2. The van der Waals surface area contributed by atoms with E-state index in [2.05, 4.69) is 31.9 Å². The number of hydrogen-bond donors (Lipinski definition) is 0. The molecular formula is C15H20F2N6. The van der Waals surface area contributed by atoms with Crippen molar-refractivity contribution in [3.05, 3.63) is 12.4 Å². The van der Waals surface area contributed by atoms with E-state index in [1.54, 1.807) is 6.20 Å². The fourth-order valence-electron chi connectivity index (χ4n) is 3.59. The first-order valence-electron chi connectivity index (χ1n) is 7.95. The molecule has 2 aliphatic rings. The maximum atomic E-state index is 12.6. The predicted octanol–water partition coefficient (Wildman–Crippen LogP) is 1.62. The number of anilines is 1. The van der Waals surface area contributed by atoms with Crippen LogP contribution in [0.15, 0.2) is 12.4 Å². The molecule has 0 aromatic carbocycles. The number of hydrogen-bond acceptors (Lipinski definition) is 5. The number of nitrogens with zero attached hydrogens (tertiary/aromatic N) is 6. The van der Waals surface area contributed by atoms with Gasteiger partial charge in [-0.3, -0.25) is 0 Å². The van der Waals surface area contributed by atoms with E-state index in [4.69, 9.17) is 0 Å². The van der Waals surface area contributed by atoms with E-state index >= 15 is 0 Å². The van der Waals surface area contributed by atoms with Crippen molar-refractivity contribution in [2.45, 2.75) is 25.8 Å². The predicted molar refractivity (Wildman–Crippen MR) is 82.7 cm³/mol. The van der Waals surface area contributed by atoms with Crippen LogP contribution in [0, 0.1) is 5.41 Å². The van der Waals surface area contributed by atoms with Crippen LogP contribution in [0.3, 0.4) is 0 Å². The molecule has 0 saturated carbocycles. The van der Waals surface area contributed by atoms with Crippen molar-refractivity contribution in [3.8, 4) is 0 Å². The molecule has 0 radical (unpaired) electrons. The molecule has 0 N–H and O–H groups in total. The topological polar surface area (TPSA) is 50.1 Å². The fraction of sp³-hybridized carbons (Fsp3) is 0.667. The maximum absolute atomic E-state index is 12.6. The van der Waals surface area contributed by atoms with Crippen molar-refractivity contribution in [2.24, 2.45) is 5.41 Å². The van der Waals surface area contributed by atoms with Crippen molar-refractivity contribution in [1.29, 1.82) is 0 Å². The second-order valence-corrected chi connectivity index (χ2v) is 6.81. The van der Waals surface area contributed by atoms with Crippen LogP contribution in [0.4, 0.5) is 14.6 Å². The summed E-state index contributed by atoms with van der Waals surface area (Å²) in [4.78, 5) is 13.4. The summed E-state index contributed by atoms with van der Waals surface area (Å²) in [6.45, 7) is 3.78. The zero-order valence-corrected chi connectivity index (χ0v) is 13.1. The summed E-state index contributed by atoms with van der Waals surface area (Å²) in [5.41, 5.74) is 1.39. The van der Waals surface area contributed by atoms with Crippen LogP contribution in [-0.2, 0) is 6.54 Å². The molecule has 2 aliphatic heterocycles. The highest BCUT2D eigenvalue weighted by molar-refractivity contribution is 5.71. The van der Waals surface area contributed by atoms with Gasteiger partial charge in [0.2, 0.25) is 0 Å². The summed E-state index contributed by atoms with van der Waals surface area (Å²) in [5, 5.41) is 3.96. The van der Waals surface area contributed by atoms with Gasteiger partial charge in [-0.25, -0.2) is 23.4 Å². The van der Waals surface area contributed by atoms with E-state index in [0.29, 0.717) is 16.6 Å². The lowest BCUT2D eigenvalue weighted by Gasteiger charge is -2.54. The molecule has 4 rings (SSSR count). The van der Waals surface area contributed by atoms with Gasteiger partial charge in [0.25, 0.3) is 6.43 Å². The van der Waals surface area contributed by atoms with Crippen LogP contribution in [0.1, 0.15) is 12.8 Å². The largest absolute Gasteiger partial charge is 0.354 e. The van der Waals surface area contributed by atoms with Crippen LogP contribution in [0.2, 0.25) is 0 Å². The average Bonchev–Trinajstić information content (AvgIpc) is 2.88. The molecule has 2 aromatic heterocycles. The van der Waals surface area contributed by atoms with E-state index in [9.17, 15) is 8.78 Å². The molecule has 0 unspecified atom stereocenters. The summed E-state index contributed by atoms with van der Waals surface area (Å²) in [6.07, 6.45) is 3.18. The number of alkyl halides is 2. The van der Waals surface area contributed by atoms with Gasteiger partial charge in [-0.15, -0.1) is 0 Å². The third-order valence-corrected chi connectivity index (χ3v) is 5.07. The van der Waals surface area contributed by atoms with Gasteiger partial charge in [0.05, 0.1) is 12.4 Å². The normalized spacial score (nSPS) is 21.3. The molecule has 2 aromatic rings. The molecule has 2 fully saturated rings. The molecule has 23 heavy (non-hydrogen) atoms. The molecule has 0 atom stereocenters. The first kappa shape index (κ1) is 14.7. The van der Waals surface area contributed by atoms with Gasteiger partial charge in [-0.1, -0.05) is 0 Å². The van der Waals surface area contributed by atoms with Gasteiger partial charge in [0.15, 0.2) is 5.65 Å². The van der Waals surface area contributed by atoms with Gasteiger partial charge in [0, 0.05) is 18.5 Å². The Balaban J connectivity index is 1.52. The monoisotopic (exact) mass is 322 g/mol. The Bertz CT molecular complexity index is 699. The Morgan fingerprint density at radius 1 is 1.22 bits per heavy atom. The molecule has 0 amide bonds. The Hall–Kier alpha value is -1.83. The number of rotatable bonds is 3. The van der Waals surface area contributed by atoms with Crippen molar-refractivity contribution in [1.82, 2.24) is 24.6 Å². The van der Waals surface area contributed by atoms with Crippen molar-refractivity contribution in [2.75, 3.05) is 38.1 Å². The summed E-state index contributed by atoms with van der Waals surface area (Å²) < 4.78 is 26.5. The van der Waals surface area contributed by atoms with Gasteiger partial charge in [-0.05, 0) is 33.0 Å². The van der Waals surface area contributed by atoms with Crippen molar-refractivity contribution >= 4 is 17.0 Å². The van der Waals surface area contributed by atoms with Crippen molar-refractivity contribution in [3.63, 3.8) is 0 Å². The number of aromatic nitrogens is 4. The summed E-state index contributed by atoms with van der Waals surface area (Å²) in [7, 11) is 2.16. The minimum atomic E-state index is -2.45. The third kappa shape index (κ3) is 2.65. The van der Waals surface area contributed by atoms with Crippen LogP contribution in [0.5, 0.6) is 0 Å². The Morgan fingerprint density at radius 3 is 2.65 bits per heavy atom. The molecule has 4 heterocycles. The minimum absolute atomic E-state index is 0.395. The third-order valence-electron chi connectivity index (χ3n) is 5.07. The maximum Gasteiger partial charge on any atom is 0.258 e. The molecule has 1 spiro atoms. The quantitative estimate of drug-likeness (QED) is 0.859. The molecule has 124 valence electrons. The zero-order chi connectivity index (χ0) is 16.0. The highest BCUT2D eigenvalue weighted by Gasteiger charge is 2.44. The highest BCUT2D eigenvalue weighted by Crippen LogP contribution is 2.41. The first-order chi connectivity index (χ1) is 11.0.